The van der Waals surface area contributed by atoms with Crippen molar-refractivity contribution in [1.82, 2.24) is 10.6 Å². The van der Waals surface area contributed by atoms with Crippen molar-refractivity contribution in [3.63, 3.8) is 0 Å². The van der Waals surface area contributed by atoms with Crippen LogP contribution in [0.4, 0.5) is 0 Å². The van der Waals surface area contributed by atoms with Crippen molar-refractivity contribution in [3.8, 4) is 0 Å². The molecule has 2 aromatic rings. The van der Waals surface area contributed by atoms with Crippen LogP contribution in [0.25, 0.3) is 0 Å². The first-order valence-corrected chi connectivity index (χ1v) is 9.41. The van der Waals surface area contributed by atoms with E-state index in [0.717, 1.165) is 18.4 Å². The zero-order chi connectivity index (χ0) is 20.4. The summed E-state index contributed by atoms with van der Waals surface area (Å²) in [6.07, 6.45) is 1.68. The van der Waals surface area contributed by atoms with Crippen LogP contribution in [0, 0.1) is 0 Å². The maximum absolute atomic E-state index is 12.1. The molecule has 0 aliphatic rings. The molecular formula is C21H23ClN2O4. The van der Waals surface area contributed by atoms with E-state index in [2.05, 4.69) is 10.6 Å². The molecule has 1 unspecified atom stereocenters. The molecule has 0 bridgehead atoms. The average Bonchev–Trinajstić information content (AvgIpc) is 2.71. The molecule has 0 heterocycles. The number of carbonyl (C=O) groups is 3. The van der Waals surface area contributed by atoms with Crippen LogP contribution in [0.3, 0.4) is 0 Å². The van der Waals surface area contributed by atoms with Crippen LogP contribution in [-0.2, 0) is 14.3 Å². The Morgan fingerprint density at radius 2 is 1.71 bits per heavy atom. The van der Waals surface area contributed by atoms with Crippen molar-refractivity contribution >= 4 is 29.4 Å². The summed E-state index contributed by atoms with van der Waals surface area (Å²) in [5.41, 5.74) is 1.37. The maximum atomic E-state index is 12.1. The van der Waals surface area contributed by atoms with E-state index in [0.29, 0.717) is 10.6 Å². The van der Waals surface area contributed by atoms with E-state index in [1.54, 1.807) is 24.3 Å². The smallest absolute Gasteiger partial charge is 0.325 e. The first-order chi connectivity index (χ1) is 13.5. The third-order valence-corrected chi connectivity index (χ3v) is 4.23. The van der Waals surface area contributed by atoms with Gasteiger partial charge in [0, 0.05) is 10.6 Å². The second-order valence-corrected chi connectivity index (χ2v) is 6.61. The lowest BCUT2D eigenvalue weighted by atomic mass is 10.0. The summed E-state index contributed by atoms with van der Waals surface area (Å²) < 4.78 is 4.94. The van der Waals surface area contributed by atoms with Crippen molar-refractivity contribution in [3.05, 3.63) is 70.7 Å². The van der Waals surface area contributed by atoms with Gasteiger partial charge in [0.1, 0.15) is 6.54 Å². The molecule has 0 aliphatic carbocycles. The minimum Gasteiger partial charge on any atom is -0.454 e. The molecule has 2 aromatic carbocycles. The second-order valence-electron chi connectivity index (χ2n) is 6.17. The first-order valence-electron chi connectivity index (χ1n) is 9.03. The summed E-state index contributed by atoms with van der Waals surface area (Å²) in [5.74, 6) is -1.51. The highest BCUT2D eigenvalue weighted by atomic mass is 35.5. The monoisotopic (exact) mass is 402 g/mol. The van der Waals surface area contributed by atoms with Gasteiger partial charge in [-0.1, -0.05) is 55.3 Å². The Hall–Kier alpha value is -2.86. The summed E-state index contributed by atoms with van der Waals surface area (Å²) in [4.78, 5) is 35.8. The van der Waals surface area contributed by atoms with Crippen molar-refractivity contribution in [2.24, 2.45) is 0 Å². The Kier molecular flexibility index (Phi) is 8.49. The molecule has 148 valence electrons. The van der Waals surface area contributed by atoms with Gasteiger partial charge < -0.3 is 15.4 Å². The fraction of sp³-hybridized carbons (Fsp3) is 0.286. The summed E-state index contributed by atoms with van der Waals surface area (Å²) >= 11 is 5.77. The van der Waals surface area contributed by atoms with Crippen LogP contribution < -0.4 is 10.6 Å². The number of carbonyl (C=O) groups excluding carboxylic acids is 3. The number of benzene rings is 2. The lowest BCUT2D eigenvalue weighted by Crippen LogP contribution is -2.35. The van der Waals surface area contributed by atoms with E-state index < -0.39 is 18.5 Å². The lowest BCUT2D eigenvalue weighted by Gasteiger charge is -2.18. The Bertz CT molecular complexity index is 794. The SMILES string of the molecule is CCCC(NC(=O)COC(=O)CNC(=O)c1ccc(Cl)cc1)c1ccccc1. The van der Waals surface area contributed by atoms with Gasteiger partial charge in [-0.05, 0) is 36.2 Å². The Morgan fingerprint density at radius 3 is 2.36 bits per heavy atom. The summed E-state index contributed by atoms with van der Waals surface area (Å²) in [7, 11) is 0. The minimum absolute atomic E-state index is 0.137. The normalized spacial score (nSPS) is 11.4. The molecule has 7 heteroatoms. The van der Waals surface area contributed by atoms with E-state index >= 15 is 0 Å². The van der Waals surface area contributed by atoms with Crippen molar-refractivity contribution in [2.45, 2.75) is 25.8 Å². The number of ether oxygens (including phenoxy) is 1. The highest BCUT2D eigenvalue weighted by Gasteiger charge is 2.15. The number of hydrogen-bond donors (Lipinski definition) is 2. The van der Waals surface area contributed by atoms with Gasteiger partial charge in [-0.3, -0.25) is 14.4 Å². The van der Waals surface area contributed by atoms with Gasteiger partial charge in [-0.25, -0.2) is 0 Å². The van der Waals surface area contributed by atoms with E-state index in [9.17, 15) is 14.4 Å². The number of rotatable bonds is 9. The zero-order valence-corrected chi connectivity index (χ0v) is 16.4. The van der Waals surface area contributed by atoms with Crippen molar-refractivity contribution in [1.29, 1.82) is 0 Å². The number of halogens is 1. The van der Waals surface area contributed by atoms with E-state index in [-0.39, 0.29) is 18.5 Å². The second kappa shape index (κ2) is 11.1. The largest absolute Gasteiger partial charge is 0.454 e. The van der Waals surface area contributed by atoms with Crippen molar-refractivity contribution in [2.75, 3.05) is 13.2 Å². The molecule has 0 spiro atoms. The van der Waals surface area contributed by atoms with Gasteiger partial charge in [0.2, 0.25) is 0 Å². The highest BCUT2D eigenvalue weighted by Crippen LogP contribution is 2.17. The van der Waals surface area contributed by atoms with Crippen LogP contribution in [-0.4, -0.2) is 30.9 Å². The molecule has 6 nitrogen and oxygen atoms in total. The van der Waals surface area contributed by atoms with Crippen molar-refractivity contribution < 1.29 is 19.1 Å². The Morgan fingerprint density at radius 1 is 1.04 bits per heavy atom. The van der Waals surface area contributed by atoms with Gasteiger partial charge >= 0.3 is 5.97 Å². The molecule has 2 amide bonds. The summed E-state index contributed by atoms with van der Waals surface area (Å²) in [6, 6.07) is 15.7. The molecule has 28 heavy (non-hydrogen) atoms. The molecule has 0 radical (unpaired) electrons. The molecule has 2 rings (SSSR count). The van der Waals surface area contributed by atoms with Gasteiger partial charge in [0.15, 0.2) is 6.61 Å². The Labute approximate surface area is 169 Å². The topological polar surface area (TPSA) is 84.5 Å². The standard InChI is InChI=1S/C21H23ClN2O4/c1-2-6-18(15-7-4-3-5-8-15)24-19(25)14-28-20(26)13-23-21(27)16-9-11-17(22)12-10-16/h3-5,7-12,18H,2,6,13-14H2,1H3,(H,23,27)(H,24,25). The maximum Gasteiger partial charge on any atom is 0.325 e. The van der Waals surface area contributed by atoms with E-state index in [4.69, 9.17) is 16.3 Å². The van der Waals surface area contributed by atoms with Crippen LogP contribution in [0.5, 0.6) is 0 Å². The predicted octanol–water partition coefficient (Wildman–Crippen LogP) is 3.27. The molecule has 0 aromatic heterocycles. The predicted molar refractivity (Wildman–Crippen MR) is 107 cm³/mol. The zero-order valence-electron chi connectivity index (χ0n) is 15.6. The number of amides is 2. The third-order valence-electron chi connectivity index (χ3n) is 3.98. The van der Waals surface area contributed by atoms with Gasteiger partial charge in [0.25, 0.3) is 11.8 Å². The van der Waals surface area contributed by atoms with Gasteiger partial charge in [-0.2, -0.15) is 0 Å². The lowest BCUT2D eigenvalue weighted by molar-refractivity contribution is -0.147. The molecular weight excluding hydrogens is 380 g/mol. The molecule has 0 fully saturated rings. The Balaban J connectivity index is 1.76. The average molecular weight is 403 g/mol. The number of nitrogens with one attached hydrogen (secondary N) is 2. The van der Waals surface area contributed by atoms with Crippen LogP contribution in [0.15, 0.2) is 54.6 Å². The summed E-state index contributed by atoms with van der Waals surface area (Å²) in [6.45, 7) is 1.31. The molecule has 0 saturated carbocycles. The van der Waals surface area contributed by atoms with Crippen LogP contribution in [0.2, 0.25) is 5.02 Å². The number of esters is 1. The molecule has 1 atom stereocenters. The fourth-order valence-electron chi connectivity index (χ4n) is 2.59. The molecule has 2 N–H and O–H groups in total. The van der Waals surface area contributed by atoms with Gasteiger partial charge in [-0.15, -0.1) is 0 Å². The van der Waals surface area contributed by atoms with Crippen LogP contribution in [0.1, 0.15) is 41.7 Å². The van der Waals surface area contributed by atoms with E-state index in [1.807, 2.05) is 37.3 Å². The number of hydrogen-bond acceptors (Lipinski definition) is 4. The fourth-order valence-corrected chi connectivity index (χ4v) is 2.71. The molecule has 0 saturated heterocycles. The quantitative estimate of drug-likeness (QED) is 0.630. The summed E-state index contributed by atoms with van der Waals surface area (Å²) in [5, 5.41) is 5.82. The van der Waals surface area contributed by atoms with E-state index in [1.165, 1.54) is 0 Å². The third kappa shape index (κ3) is 7.04. The highest BCUT2D eigenvalue weighted by molar-refractivity contribution is 6.30. The van der Waals surface area contributed by atoms with Gasteiger partial charge in [0.05, 0.1) is 6.04 Å². The first kappa shape index (κ1) is 21.4. The molecule has 0 aliphatic heterocycles. The minimum atomic E-state index is -0.691. The van der Waals surface area contributed by atoms with Crippen LogP contribution >= 0.6 is 11.6 Å².